The van der Waals surface area contributed by atoms with E-state index in [-0.39, 0.29) is 10.6 Å². The Morgan fingerprint density at radius 2 is 1.83 bits per heavy atom. The molecule has 0 saturated carbocycles. The average molecular weight is 311 g/mol. The van der Waals surface area contributed by atoms with Crippen LogP contribution in [0.1, 0.15) is 40.0 Å². The Hall–Kier alpha value is -1.09. The molecule has 96 valence electrons. The highest BCUT2D eigenvalue weighted by Gasteiger charge is 2.19. The summed E-state index contributed by atoms with van der Waals surface area (Å²) in [6.45, 7) is 5.90. The second-order valence-electron chi connectivity index (χ2n) is 4.47. The van der Waals surface area contributed by atoms with Crippen LogP contribution in [0.3, 0.4) is 0 Å². The summed E-state index contributed by atoms with van der Waals surface area (Å²) in [4.78, 5) is -0.0293. The molecular weight excluding hydrogens is 295 g/mol. The van der Waals surface area contributed by atoms with Gasteiger partial charge in [0.25, 0.3) is 0 Å². The lowest BCUT2D eigenvalue weighted by molar-refractivity contribution is 0.476. The monoisotopic (exact) mass is 310 g/mol. The van der Waals surface area contributed by atoms with E-state index < -0.39 is 0 Å². The second-order valence-corrected chi connectivity index (χ2v) is 5.39. The molecular formula is C15H16BrFO. The summed E-state index contributed by atoms with van der Waals surface area (Å²) in [7, 11) is 0. The molecule has 0 aliphatic carbocycles. The highest BCUT2D eigenvalue weighted by molar-refractivity contribution is 9.09. The van der Waals surface area contributed by atoms with Gasteiger partial charge in [-0.15, -0.1) is 0 Å². The minimum atomic E-state index is -0.192. The molecule has 0 radical (unpaired) electrons. The Balaban J connectivity index is 2.42. The van der Waals surface area contributed by atoms with E-state index in [4.69, 9.17) is 4.42 Å². The van der Waals surface area contributed by atoms with Crippen molar-refractivity contribution in [1.82, 2.24) is 0 Å². The van der Waals surface area contributed by atoms with Crippen LogP contribution >= 0.6 is 15.9 Å². The van der Waals surface area contributed by atoms with Gasteiger partial charge in [-0.3, -0.25) is 0 Å². The van der Waals surface area contributed by atoms with Crippen LogP contribution in [0.2, 0.25) is 0 Å². The molecule has 1 unspecified atom stereocenters. The number of halogens is 2. The van der Waals surface area contributed by atoms with Crippen molar-refractivity contribution in [2.24, 2.45) is 0 Å². The molecule has 1 aromatic heterocycles. The molecule has 0 fully saturated rings. The molecule has 0 saturated heterocycles. The molecule has 2 rings (SSSR count). The fraction of sp³-hybridized carbons (Fsp3) is 0.333. The van der Waals surface area contributed by atoms with Crippen LogP contribution in [-0.4, -0.2) is 0 Å². The maximum Gasteiger partial charge on any atom is 0.123 e. The lowest BCUT2D eigenvalue weighted by Gasteiger charge is -2.14. The fourth-order valence-corrected chi connectivity index (χ4v) is 3.15. The Labute approximate surface area is 115 Å². The number of alkyl halides is 1. The van der Waals surface area contributed by atoms with E-state index in [0.717, 1.165) is 34.6 Å². The number of benzene rings is 1. The average Bonchev–Trinajstić information content (AvgIpc) is 2.75. The van der Waals surface area contributed by atoms with Gasteiger partial charge in [0.05, 0.1) is 4.83 Å². The van der Waals surface area contributed by atoms with Gasteiger partial charge in [0.15, 0.2) is 0 Å². The molecule has 1 aromatic carbocycles. The maximum atomic E-state index is 13.3. The molecule has 0 spiro atoms. The zero-order valence-electron chi connectivity index (χ0n) is 10.8. The number of furan rings is 1. The first-order chi connectivity index (χ1) is 8.52. The number of hydrogen-bond donors (Lipinski definition) is 0. The molecule has 0 bridgehead atoms. The van der Waals surface area contributed by atoms with E-state index in [9.17, 15) is 4.39 Å². The number of rotatable bonds is 3. The molecule has 18 heavy (non-hydrogen) atoms. The highest BCUT2D eigenvalue weighted by atomic mass is 79.9. The van der Waals surface area contributed by atoms with E-state index in [1.165, 1.54) is 0 Å². The smallest absolute Gasteiger partial charge is 0.123 e. The van der Waals surface area contributed by atoms with Crippen LogP contribution in [0.4, 0.5) is 4.39 Å². The topological polar surface area (TPSA) is 13.1 Å². The van der Waals surface area contributed by atoms with E-state index in [1.807, 2.05) is 26.0 Å². The normalized spacial score (nSPS) is 12.7. The number of hydrogen-bond acceptors (Lipinski definition) is 1. The van der Waals surface area contributed by atoms with Gasteiger partial charge in [-0.2, -0.15) is 0 Å². The van der Waals surface area contributed by atoms with E-state index in [2.05, 4.69) is 22.9 Å². The zero-order chi connectivity index (χ0) is 13.3. The molecule has 3 heteroatoms. The summed E-state index contributed by atoms with van der Waals surface area (Å²) in [6, 6.07) is 7.07. The van der Waals surface area contributed by atoms with Gasteiger partial charge in [-0.05, 0) is 54.8 Å². The SMILES string of the molecule is CCc1ccc(C(Br)c2c(C)cc(F)cc2C)o1. The summed E-state index contributed by atoms with van der Waals surface area (Å²) >= 11 is 3.65. The van der Waals surface area contributed by atoms with Crippen molar-refractivity contribution in [3.05, 3.63) is 58.3 Å². The summed E-state index contributed by atoms with van der Waals surface area (Å²) in [5, 5.41) is 0. The van der Waals surface area contributed by atoms with Gasteiger partial charge in [0.1, 0.15) is 17.3 Å². The summed E-state index contributed by atoms with van der Waals surface area (Å²) < 4.78 is 19.0. The van der Waals surface area contributed by atoms with Crippen molar-refractivity contribution in [3.8, 4) is 0 Å². The van der Waals surface area contributed by atoms with Crippen LogP contribution in [-0.2, 0) is 6.42 Å². The van der Waals surface area contributed by atoms with Gasteiger partial charge in [-0.1, -0.05) is 22.9 Å². The van der Waals surface area contributed by atoms with Gasteiger partial charge >= 0.3 is 0 Å². The predicted octanol–water partition coefficient (Wildman–Crippen LogP) is 5.08. The van der Waals surface area contributed by atoms with Crippen LogP contribution in [0, 0.1) is 19.7 Å². The minimum Gasteiger partial charge on any atom is -0.465 e. The van der Waals surface area contributed by atoms with Crippen LogP contribution in [0.15, 0.2) is 28.7 Å². The Morgan fingerprint density at radius 3 is 2.33 bits per heavy atom. The summed E-state index contributed by atoms with van der Waals surface area (Å²) in [5.41, 5.74) is 2.95. The largest absolute Gasteiger partial charge is 0.465 e. The molecule has 1 atom stereocenters. The van der Waals surface area contributed by atoms with Gasteiger partial charge in [0.2, 0.25) is 0 Å². The molecule has 0 amide bonds. The van der Waals surface area contributed by atoms with Crippen molar-refractivity contribution in [1.29, 1.82) is 0 Å². The quantitative estimate of drug-likeness (QED) is 0.720. The molecule has 2 aromatic rings. The molecule has 0 aliphatic rings. The number of aryl methyl sites for hydroxylation is 3. The van der Waals surface area contributed by atoms with Crippen LogP contribution in [0.25, 0.3) is 0 Å². The molecule has 0 N–H and O–H groups in total. The van der Waals surface area contributed by atoms with Crippen molar-refractivity contribution < 1.29 is 8.81 Å². The zero-order valence-corrected chi connectivity index (χ0v) is 12.3. The third-order valence-corrected chi connectivity index (χ3v) is 4.00. The van der Waals surface area contributed by atoms with Gasteiger partial charge in [-0.25, -0.2) is 4.39 Å². The van der Waals surface area contributed by atoms with Crippen molar-refractivity contribution in [3.63, 3.8) is 0 Å². The molecule has 0 aliphatic heterocycles. The standard InChI is InChI=1S/C15H16BrFO/c1-4-12-5-6-13(18-12)15(16)14-9(2)7-11(17)8-10(14)3/h5-8,15H,4H2,1-3H3. The first-order valence-corrected chi connectivity index (χ1v) is 6.93. The lowest BCUT2D eigenvalue weighted by Crippen LogP contribution is -1.99. The fourth-order valence-electron chi connectivity index (χ4n) is 2.18. The lowest BCUT2D eigenvalue weighted by atomic mass is 9.98. The first-order valence-electron chi connectivity index (χ1n) is 6.02. The summed E-state index contributed by atoms with van der Waals surface area (Å²) in [5.74, 6) is 1.64. The third kappa shape index (κ3) is 2.51. The third-order valence-electron chi connectivity index (χ3n) is 3.09. The van der Waals surface area contributed by atoms with Gasteiger partial charge in [0, 0.05) is 6.42 Å². The maximum absolute atomic E-state index is 13.3. The summed E-state index contributed by atoms with van der Waals surface area (Å²) in [6.07, 6.45) is 0.876. The van der Waals surface area contributed by atoms with E-state index in [0.29, 0.717) is 0 Å². The van der Waals surface area contributed by atoms with E-state index >= 15 is 0 Å². The second kappa shape index (κ2) is 5.27. The first kappa shape index (κ1) is 13.3. The van der Waals surface area contributed by atoms with Crippen molar-refractivity contribution in [2.45, 2.75) is 32.0 Å². The van der Waals surface area contributed by atoms with Crippen molar-refractivity contribution in [2.75, 3.05) is 0 Å². The Morgan fingerprint density at radius 1 is 1.22 bits per heavy atom. The Bertz CT molecular complexity index is 536. The van der Waals surface area contributed by atoms with Gasteiger partial charge < -0.3 is 4.42 Å². The molecule has 1 nitrogen and oxygen atoms in total. The van der Waals surface area contributed by atoms with Crippen LogP contribution in [0.5, 0.6) is 0 Å². The van der Waals surface area contributed by atoms with Crippen LogP contribution < -0.4 is 0 Å². The Kier molecular flexibility index (Phi) is 3.91. The highest BCUT2D eigenvalue weighted by Crippen LogP contribution is 2.36. The van der Waals surface area contributed by atoms with Crippen molar-refractivity contribution >= 4 is 15.9 Å². The predicted molar refractivity (Wildman–Crippen MR) is 74.7 cm³/mol. The van der Waals surface area contributed by atoms with E-state index in [1.54, 1.807) is 12.1 Å². The minimum absolute atomic E-state index is 0.0293. The molecule has 1 heterocycles.